The zero-order chi connectivity index (χ0) is 13.9. The van der Waals surface area contributed by atoms with Crippen LogP contribution in [0.2, 0.25) is 0 Å². The summed E-state index contributed by atoms with van der Waals surface area (Å²) in [5.74, 6) is 0.104. The highest BCUT2D eigenvalue weighted by Crippen LogP contribution is 2.22. The standard InChI is InChI=1S/C16H22N2O2/c1-12(19)13-4-6-14(7-5-13)17-9-16-10-18-8-2-3-15(18)11-20-16/h4-7,15-17H,2-3,8-11H2,1H3. The lowest BCUT2D eigenvalue weighted by Gasteiger charge is -2.35. The van der Waals surface area contributed by atoms with Crippen LogP contribution in [0.15, 0.2) is 24.3 Å². The number of carbonyl (C=O) groups excluding carboxylic acids is 1. The smallest absolute Gasteiger partial charge is 0.159 e. The fourth-order valence-corrected chi connectivity index (χ4v) is 3.06. The Morgan fingerprint density at radius 2 is 2.20 bits per heavy atom. The Hall–Kier alpha value is -1.39. The number of carbonyl (C=O) groups is 1. The molecule has 2 saturated heterocycles. The molecule has 2 fully saturated rings. The molecule has 2 aliphatic heterocycles. The molecule has 0 saturated carbocycles. The number of morpholine rings is 1. The molecular formula is C16H22N2O2. The quantitative estimate of drug-likeness (QED) is 0.854. The van der Waals surface area contributed by atoms with Gasteiger partial charge in [-0.15, -0.1) is 0 Å². The Balaban J connectivity index is 1.50. The summed E-state index contributed by atoms with van der Waals surface area (Å²) >= 11 is 0. The van der Waals surface area contributed by atoms with E-state index in [1.54, 1.807) is 6.92 Å². The summed E-state index contributed by atoms with van der Waals surface area (Å²) in [5.41, 5.74) is 1.80. The van der Waals surface area contributed by atoms with E-state index in [4.69, 9.17) is 4.74 Å². The van der Waals surface area contributed by atoms with Crippen molar-refractivity contribution in [3.63, 3.8) is 0 Å². The van der Waals surface area contributed by atoms with Crippen LogP contribution in [0.3, 0.4) is 0 Å². The van der Waals surface area contributed by atoms with Gasteiger partial charge in [0.15, 0.2) is 5.78 Å². The minimum atomic E-state index is 0.104. The average Bonchev–Trinajstić information content (AvgIpc) is 2.93. The lowest BCUT2D eigenvalue weighted by atomic mass is 10.1. The maximum atomic E-state index is 11.2. The van der Waals surface area contributed by atoms with Crippen LogP contribution in [0.5, 0.6) is 0 Å². The number of nitrogens with one attached hydrogen (secondary N) is 1. The van der Waals surface area contributed by atoms with Gasteiger partial charge in [0.05, 0.1) is 12.7 Å². The van der Waals surface area contributed by atoms with Crippen LogP contribution in [0.25, 0.3) is 0 Å². The van der Waals surface area contributed by atoms with Crippen LogP contribution in [-0.4, -0.2) is 49.1 Å². The molecule has 1 N–H and O–H groups in total. The first-order valence-corrected chi connectivity index (χ1v) is 7.43. The van der Waals surface area contributed by atoms with E-state index in [-0.39, 0.29) is 11.9 Å². The molecule has 4 heteroatoms. The molecule has 0 spiro atoms. The van der Waals surface area contributed by atoms with Crippen molar-refractivity contribution in [1.29, 1.82) is 0 Å². The van der Waals surface area contributed by atoms with E-state index in [2.05, 4.69) is 10.2 Å². The van der Waals surface area contributed by atoms with E-state index < -0.39 is 0 Å². The maximum Gasteiger partial charge on any atom is 0.159 e. The molecule has 2 aliphatic rings. The lowest BCUT2D eigenvalue weighted by molar-refractivity contribution is -0.0415. The highest BCUT2D eigenvalue weighted by Gasteiger charge is 2.31. The van der Waals surface area contributed by atoms with Crippen LogP contribution in [-0.2, 0) is 4.74 Å². The predicted molar refractivity (Wildman–Crippen MR) is 79.3 cm³/mol. The van der Waals surface area contributed by atoms with Gasteiger partial charge in [-0.2, -0.15) is 0 Å². The molecule has 2 unspecified atom stereocenters. The third-order valence-electron chi connectivity index (χ3n) is 4.29. The molecule has 4 nitrogen and oxygen atoms in total. The van der Waals surface area contributed by atoms with Crippen molar-refractivity contribution < 1.29 is 9.53 Å². The first-order chi connectivity index (χ1) is 9.72. The van der Waals surface area contributed by atoms with Crippen molar-refractivity contribution in [1.82, 2.24) is 4.90 Å². The van der Waals surface area contributed by atoms with Crippen molar-refractivity contribution in [3.05, 3.63) is 29.8 Å². The number of fused-ring (bicyclic) bond motifs is 1. The molecule has 108 valence electrons. The second-order valence-corrected chi connectivity index (χ2v) is 5.76. The lowest BCUT2D eigenvalue weighted by Crippen LogP contribution is -2.48. The summed E-state index contributed by atoms with van der Waals surface area (Å²) in [4.78, 5) is 13.8. The van der Waals surface area contributed by atoms with Crippen molar-refractivity contribution in [2.24, 2.45) is 0 Å². The number of rotatable bonds is 4. The van der Waals surface area contributed by atoms with Gasteiger partial charge in [0.25, 0.3) is 0 Å². The molecule has 3 rings (SSSR count). The largest absolute Gasteiger partial charge is 0.382 e. The van der Waals surface area contributed by atoms with Crippen molar-refractivity contribution in [2.45, 2.75) is 31.9 Å². The molecule has 0 bridgehead atoms. The minimum Gasteiger partial charge on any atom is -0.382 e. The molecule has 1 aromatic carbocycles. The normalized spacial score (nSPS) is 26.2. The summed E-state index contributed by atoms with van der Waals surface area (Å²) in [6.45, 7) is 5.53. The van der Waals surface area contributed by atoms with Gasteiger partial charge in [0.1, 0.15) is 0 Å². The van der Waals surface area contributed by atoms with E-state index in [0.29, 0.717) is 6.04 Å². The molecule has 0 aromatic heterocycles. The van der Waals surface area contributed by atoms with Gasteiger partial charge < -0.3 is 10.1 Å². The van der Waals surface area contributed by atoms with Crippen molar-refractivity contribution in [2.75, 3.05) is 31.6 Å². The highest BCUT2D eigenvalue weighted by molar-refractivity contribution is 5.94. The molecule has 0 radical (unpaired) electrons. The van der Waals surface area contributed by atoms with Gasteiger partial charge >= 0.3 is 0 Å². The van der Waals surface area contributed by atoms with E-state index in [1.165, 1.54) is 19.4 Å². The highest BCUT2D eigenvalue weighted by atomic mass is 16.5. The number of benzene rings is 1. The third kappa shape index (κ3) is 3.02. The Bertz CT molecular complexity index is 472. The zero-order valence-electron chi connectivity index (χ0n) is 12.0. The SMILES string of the molecule is CC(=O)c1ccc(NCC2CN3CCCC3CO2)cc1. The number of Topliss-reactive ketones (excluding diaryl/α,β-unsaturated/α-hetero) is 1. The predicted octanol–water partition coefficient (Wildman–Crippen LogP) is 2.16. The fourth-order valence-electron chi connectivity index (χ4n) is 3.06. The molecule has 0 amide bonds. The topological polar surface area (TPSA) is 41.6 Å². The summed E-state index contributed by atoms with van der Waals surface area (Å²) in [7, 11) is 0. The van der Waals surface area contributed by atoms with Gasteiger partial charge in [-0.3, -0.25) is 9.69 Å². The Morgan fingerprint density at radius 3 is 2.95 bits per heavy atom. The van der Waals surface area contributed by atoms with Crippen LogP contribution in [0.1, 0.15) is 30.1 Å². The fraction of sp³-hybridized carbons (Fsp3) is 0.562. The molecule has 0 aliphatic carbocycles. The van der Waals surface area contributed by atoms with E-state index in [1.807, 2.05) is 24.3 Å². The van der Waals surface area contributed by atoms with Gasteiger partial charge in [-0.05, 0) is 50.6 Å². The number of ether oxygens (including phenoxy) is 1. The number of nitrogens with zero attached hydrogens (tertiary/aromatic N) is 1. The van der Waals surface area contributed by atoms with E-state index in [9.17, 15) is 4.79 Å². The second-order valence-electron chi connectivity index (χ2n) is 5.76. The monoisotopic (exact) mass is 274 g/mol. The molecular weight excluding hydrogens is 252 g/mol. The third-order valence-corrected chi connectivity index (χ3v) is 4.29. The molecule has 20 heavy (non-hydrogen) atoms. The minimum absolute atomic E-state index is 0.104. The first-order valence-electron chi connectivity index (χ1n) is 7.43. The summed E-state index contributed by atoms with van der Waals surface area (Å²) < 4.78 is 5.92. The molecule has 2 atom stereocenters. The number of hydrogen-bond acceptors (Lipinski definition) is 4. The van der Waals surface area contributed by atoms with Crippen molar-refractivity contribution >= 4 is 11.5 Å². The van der Waals surface area contributed by atoms with Crippen LogP contribution >= 0.6 is 0 Å². The number of anilines is 1. The van der Waals surface area contributed by atoms with Gasteiger partial charge in [-0.1, -0.05) is 0 Å². The summed E-state index contributed by atoms with van der Waals surface area (Å²) in [6, 6.07) is 8.29. The zero-order valence-corrected chi connectivity index (χ0v) is 12.0. The van der Waals surface area contributed by atoms with Gasteiger partial charge in [-0.25, -0.2) is 0 Å². The Morgan fingerprint density at radius 1 is 1.40 bits per heavy atom. The van der Waals surface area contributed by atoms with Gasteiger partial charge in [0.2, 0.25) is 0 Å². The summed E-state index contributed by atoms with van der Waals surface area (Å²) in [6.07, 6.45) is 2.85. The van der Waals surface area contributed by atoms with Crippen LogP contribution in [0, 0.1) is 0 Å². The number of ketones is 1. The van der Waals surface area contributed by atoms with Crippen molar-refractivity contribution in [3.8, 4) is 0 Å². The second kappa shape index (κ2) is 5.94. The van der Waals surface area contributed by atoms with Gasteiger partial charge in [0, 0.05) is 30.4 Å². The first kappa shape index (κ1) is 13.6. The van der Waals surface area contributed by atoms with E-state index >= 15 is 0 Å². The van der Waals surface area contributed by atoms with E-state index in [0.717, 1.165) is 30.9 Å². The average molecular weight is 274 g/mol. The molecule has 1 aromatic rings. The van der Waals surface area contributed by atoms with Crippen LogP contribution < -0.4 is 5.32 Å². The molecule has 2 heterocycles. The van der Waals surface area contributed by atoms with Crippen LogP contribution in [0.4, 0.5) is 5.69 Å². The summed E-state index contributed by atoms with van der Waals surface area (Å²) in [5, 5.41) is 3.40. The number of hydrogen-bond donors (Lipinski definition) is 1. The Kier molecular flexibility index (Phi) is 4.03. The Labute approximate surface area is 120 Å². The maximum absolute atomic E-state index is 11.2.